The van der Waals surface area contributed by atoms with E-state index in [2.05, 4.69) is 15.0 Å². The monoisotopic (exact) mass is 403 g/mol. The van der Waals surface area contributed by atoms with Gasteiger partial charge in [-0.2, -0.15) is 0 Å². The Kier molecular flexibility index (Phi) is 4.63. The van der Waals surface area contributed by atoms with E-state index in [-0.39, 0.29) is 23.7 Å². The van der Waals surface area contributed by atoms with Crippen molar-refractivity contribution >= 4 is 17.5 Å². The normalized spacial score (nSPS) is 31.2. The molecular formula is C21H23ClFN3O2. The third-order valence-corrected chi connectivity index (χ3v) is 6.91. The Labute approximate surface area is 168 Å². The molecule has 4 fully saturated rings. The fourth-order valence-electron chi connectivity index (χ4n) is 5.49. The highest BCUT2D eigenvalue weighted by molar-refractivity contribution is 6.29. The Balaban J connectivity index is 1.38. The summed E-state index contributed by atoms with van der Waals surface area (Å²) in [7, 11) is 0. The molecule has 0 spiro atoms. The highest BCUT2D eigenvalue weighted by Gasteiger charge is 2.54. The summed E-state index contributed by atoms with van der Waals surface area (Å²) in [6.07, 6.45) is 3.19. The lowest BCUT2D eigenvalue weighted by Gasteiger charge is -2.51. The first kappa shape index (κ1) is 18.1. The van der Waals surface area contributed by atoms with Gasteiger partial charge in [-0.3, -0.25) is 9.69 Å². The number of aromatic nitrogens is 1. The van der Waals surface area contributed by atoms with E-state index in [1.165, 1.54) is 12.1 Å². The predicted octanol–water partition coefficient (Wildman–Crippen LogP) is 3.49. The lowest BCUT2D eigenvalue weighted by Crippen LogP contribution is -2.60. The van der Waals surface area contributed by atoms with Crippen molar-refractivity contribution < 1.29 is 13.7 Å². The number of fused-ring (bicyclic) bond motifs is 2. The van der Waals surface area contributed by atoms with Gasteiger partial charge in [0.25, 0.3) is 0 Å². The third-order valence-electron chi connectivity index (χ3n) is 6.73. The minimum atomic E-state index is -0.220. The zero-order chi connectivity index (χ0) is 19.3. The molecule has 1 aromatic heterocycles. The van der Waals surface area contributed by atoms with Gasteiger partial charge in [0.2, 0.25) is 5.91 Å². The van der Waals surface area contributed by atoms with Gasteiger partial charge in [0.1, 0.15) is 11.6 Å². The molecule has 0 radical (unpaired) electrons. The maximum Gasteiger partial charge on any atom is 0.223 e. The summed E-state index contributed by atoms with van der Waals surface area (Å²) in [6.45, 7) is 2.90. The number of benzene rings is 1. The van der Waals surface area contributed by atoms with Gasteiger partial charge in [-0.15, -0.1) is 0 Å². The van der Waals surface area contributed by atoms with E-state index in [1.807, 2.05) is 12.1 Å². The SMILES string of the molecule is O=C(CCc1cc(Cl)no1)N1C[C@H](c2ccc(F)cc2)[C@H]2[C@@H]1C1CCN2CC1. The molecule has 1 aromatic carbocycles. The molecule has 5 nitrogen and oxygen atoms in total. The Bertz CT molecular complexity index is 863. The fraction of sp³-hybridized carbons (Fsp3) is 0.524. The summed E-state index contributed by atoms with van der Waals surface area (Å²) in [5.41, 5.74) is 1.13. The van der Waals surface area contributed by atoms with Crippen LogP contribution in [0.1, 0.15) is 36.5 Å². The standard InChI is InChI=1S/C21H23ClFN3O2/c22-18-11-16(28-24-18)5-6-19(27)26-12-17(13-1-3-15(23)4-2-13)21-20(26)14-7-9-25(21)10-8-14/h1-4,11,14,17,20-21H,5-10,12H2/t17-,20+,21+/m1/s1. The number of rotatable bonds is 4. The van der Waals surface area contributed by atoms with Gasteiger partial charge >= 0.3 is 0 Å². The second kappa shape index (κ2) is 7.16. The van der Waals surface area contributed by atoms with Crippen molar-refractivity contribution in [2.24, 2.45) is 5.92 Å². The number of likely N-dealkylation sites (tertiary alicyclic amines) is 1. The van der Waals surface area contributed by atoms with Crippen molar-refractivity contribution in [1.29, 1.82) is 0 Å². The van der Waals surface area contributed by atoms with E-state index in [9.17, 15) is 9.18 Å². The molecule has 4 saturated heterocycles. The molecule has 2 bridgehead atoms. The molecule has 6 rings (SSSR count). The number of halogens is 2. The molecular weight excluding hydrogens is 381 g/mol. The van der Waals surface area contributed by atoms with Crippen LogP contribution >= 0.6 is 11.6 Å². The lowest BCUT2D eigenvalue weighted by atomic mass is 9.75. The van der Waals surface area contributed by atoms with Crippen LogP contribution in [0.15, 0.2) is 34.9 Å². The van der Waals surface area contributed by atoms with Crippen molar-refractivity contribution in [3.63, 3.8) is 0 Å². The molecule has 3 atom stereocenters. The Morgan fingerprint density at radius 3 is 2.64 bits per heavy atom. The minimum Gasteiger partial charge on any atom is -0.360 e. The van der Waals surface area contributed by atoms with Crippen molar-refractivity contribution in [2.45, 2.75) is 43.7 Å². The van der Waals surface area contributed by atoms with Gasteiger partial charge in [0.05, 0.1) is 6.04 Å². The molecule has 5 heterocycles. The molecule has 0 unspecified atom stereocenters. The van der Waals surface area contributed by atoms with Crippen molar-refractivity contribution in [3.8, 4) is 0 Å². The average Bonchev–Trinajstić information content (AvgIpc) is 3.33. The zero-order valence-electron chi connectivity index (χ0n) is 15.6. The van der Waals surface area contributed by atoms with Gasteiger partial charge in [0, 0.05) is 37.4 Å². The maximum atomic E-state index is 13.4. The number of amides is 1. The van der Waals surface area contributed by atoms with Crippen LogP contribution in [-0.2, 0) is 11.2 Å². The van der Waals surface area contributed by atoms with Crippen molar-refractivity contribution in [3.05, 3.63) is 52.6 Å². The maximum absolute atomic E-state index is 13.4. The van der Waals surface area contributed by atoms with E-state index in [1.54, 1.807) is 6.07 Å². The molecule has 4 aliphatic rings. The summed E-state index contributed by atoms with van der Waals surface area (Å²) in [4.78, 5) is 17.8. The van der Waals surface area contributed by atoms with Gasteiger partial charge in [0.15, 0.2) is 5.15 Å². The van der Waals surface area contributed by atoms with Crippen LogP contribution in [0.25, 0.3) is 0 Å². The summed E-state index contributed by atoms with van der Waals surface area (Å²) in [5.74, 6) is 1.36. The summed E-state index contributed by atoms with van der Waals surface area (Å²) in [6, 6.07) is 9.07. The molecule has 0 N–H and O–H groups in total. The van der Waals surface area contributed by atoms with Gasteiger partial charge in [-0.25, -0.2) is 4.39 Å². The first-order chi connectivity index (χ1) is 13.6. The first-order valence-electron chi connectivity index (χ1n) is 10.0. The summed E-state index contributed by atoms with van der Waals surface area (Å²) < 4.78 is 18.6. The second-order valence-electron chi connectivity index (χ2n) is 8.17. The highest BCUT2D eigenvalue weighted by atomic mass is 35.5. The molecule has 148 valence electrons. The van der Waals surface area contributed by atoms with Crippen LogP contribution in [0.3, 0.4) is 0 Å². The largest absolute Gasteiger partial charge is 0.360 e. The third kappa shape index (κ3) is 3.12. The van der Waals surface area contributed by atoms with Gasteiger partial charge in [-0.05, 0) is 49.5 Å². The van der Waals surface area contributed by atoms with Crippen LogP contribution < -0.4 is 0 Å². The summed E-state index contributed by atoms with van der Waals surface area (Å²) in [5, 5.41) is 3.99. The number of carbonyl (C=O) groups excluding carboxylic acids is 1. The molecule has 0 saturated carbocycles. The minimum absolute atomic E-state index is 0.154. The van der Waals surface area contributed by atoms with Gasteiger partial charge in [-0.1, -0.05) is 28.9 Å². The predicted molar refractivity (Wildman–Crippen MR) is 103 cm³/mol. The van der Waals surface area contributed by atoms with E-state index in [4.69, 9.17) is 16.1 Å². The quantitative estimate of drug-likeness (QED) is 0.784. The molecule has 4 aliphatic heterocycles. The van der Waals surface area contributed by atoms with E-state index < -0.39 is 0 Å². The lowest BCUT2D eigenvalue weighted by molar-refractivity contribution is -0.136. The van der Waals surface area contributed by atoms with Gasteiger partial charge < -0.3 is 9.42 Å². The van der Waals surface area contributed by atoms with E-state index >= 15 is 0 Å². The number of hydrogen-bond acceptors (Lipinski definition) is 4. The van der Waals surface area contributed by atoms with E-state index in [0.29, 0.717) is 42.3 Å². The van der Waals surface area contributed by atoms with Crippen LogP contribution in [0, 0.1) is 11.7 Å². The number of piperidine rings is 3. The molecule has 2 aromatic rings. The zero-order valence-corrected chi connectivity index (χ0v) is 16.3. The smallest absolute Gasteiger partial charge is 0.223 e. The Hall–Kier alpha value is -1.92. The number of hydrogen-bond donors (Lipinski definition) is 0. The number of nitrogens with zero attached hydrogens (tertiary/aromatic N) is 3. The molecule has 7 heteroatoms. The Morgan fingerprint density at radius 2 is 1.96 bits per heavy atom. The van der Waals surface area contributed by atoms with Crippen molar-refractivity contribution in [2.75, 3.05) is 19.6 Å². The van der Waals surface area contributed by atoms with Crippen LogP contribution in [0.2, 0.25) is 5.15 Å². The van der Waals surface area contributed by atoms with Crippen molar-refractivity contribution in [1.82, 2.24) is 15.0 Å². The highest BCUT2D eigenvalue weighted by Crippen LogP contribution is 2.46. The first-order valence-corrected chi connectivity index (χ1v) is 10.4. The molecule has 1 amide bonds. The van der Waals surface area contributed by atoms with Crippen LogP contribution in [-0.4, -0.2) is 52.6 Å². The number of aryl methyl sites for hydroxylation is 1. The summed E-state index contributed by atoms with van der Waals surface area (Å²) >= 11 is 5.80. The Morgan fingerprint density at radius 1 is 1.21 bits per heavy atom. The topological polar surface area (TPSA) is 49.6 Å². The molecule has 28 heavy (non-hydrogen) atoms. The van der Waals surface area contributed by atoms with Crippen LogP contribution in [0.5, 0.6) is 0 Å². The number of carbonyl (C=O) groups is 1. The second-order valence-corrected chi connectivity index (χ2v) is 8.56. The van der Waals surface area contributed by atoms with E-state index in [0.717, 1.165) is 31.5 Å². The average molecular weight is 404 g/mol. The van der Waals surface area contributed by atoms with Crippen LogP contribution in [0.4, 0.5) is 4.39 Å². The molecule has 0 aliphatic carbocycles. The fourth-order valence-corrected chi connectivity index (χ4v) is 5.64.